The van der Waals surface area contributed by atoms with E-state index in [1.165, 1.54) is 12.1 Å². The summed E-state index contributed by atoms with van der Waals surface area (Å²) in [6.07, 6.45) is -0.824. The first-order valence-electron chi connectivity index (χ1n) is 6.65. The molecular weight excluding hydrogens is 325 g/mol. The van der Waals surface area contributed by atoms with Crippen molar-refractivity contribution in [2.24, 2.45) is 0 Å². The number of carbonyl (C=O) groups excluding carboxylic acids is 1. The van der Waals surface area contributed by atoms with Crippen molar-refractivity contribution in [1.29, 1.82) is 0 Å². The summed E-state index contributed by atoms with van der Waals surface area (Å²) in [5.74, 6) is 0.286. The molecule has 6 heteroatoms. The zero-order valence-electron chi connectivity index (χ0n) is 11.6. The predicted octanol–water partition coefficient (Wildman–Crippen LogP) is 3.16. The molecular formula is C16H15Cl2NO3. The highest BCUT2D eigenvalue weighted by Gasteiger charge is 2.13. The number of amides is 1. The summed E-state index contributed by atoms with van der Waals surface area (Å²) in [6.45, 7) is 0.142. The maximum atomic E-state index is 12.0. The van der Waals surface area contributed by atoms with Gasteiger partial charge in [0.25, 0.3) is 5.91 Å². The van der Waals surface area contributed by atoms with Crippen molar-refractivity contribution in [3.63, 3.8) is 0 Å². The fourth-order valence-corrected chi connectivity index (χ4v) is 2.24. The minimum Gasteiger partial charge on any atom is -0.491 e. The smallest absolute Gasteiger partial charge is 0.252 e. The SMILES string of the molecule is O=C(NCC(O)COc1ccccc1)c1ccc(Cl)cc1Cl. The molecule has 0 aliphatic heterocycles. The largest absolute Gasteiger partial charge is 0.491 e. The number of nitrogens with one attached hydrogen (secondary N) is 1. The summed E-state index contributed by atoms with van der Waals surface area (Å²) >= 11 is 11.7. The number of ether oxygens (including phenoxy) is 1. The first-order valence-corrected chi connectivity index (χ1v) is 7.41. The summed E-state index contributed by atoms with van der Waals surface area (Å²) in [4.78, 5) is 12.0. The number of aliphatic hydroxyl groups is 1. The van der Waals surface area contributed by atoms with E-state index in [4.69, 9.17) is 27.9 Å². The van der Waals surface area contributed by atoms with Crippen LogP contribution in [0.1, 0.15) is 10.4 Å². The van der Waals surface area contributed by atoms with E-state index in [0.717, 1.165) is 0 Å². The van der Waals surface area contributed by atoms with Crippen molar-refractivity contribution in [1.82, 2.24) is 5.32 Å². The Balaban J connectivity index is 1.80. The third kappa shape index (κ3) is 4.91. The highest BCUT2D eigenvalue weighted by Crippen LogP contribution is 2.20. The number of hydrogen-bond acceptors (Lipinski definition) is 3. The molecule has 0 bridgehead atoms. The quantitative estimate of drug-likeness (QED) is 0.849. The van der Waals surface area contributed by atoms with Gasteiger partial charge in [0.1, 0.15) is 18.5 Å². The van der Waals surface area contributed by atoms with Crippen LogP contribution < -0.4 is 10.1 Å². The topological polar surface area (TPSA) is 58.6 Å². The number of hydrogen-bond donors (Lipinski definition) is 2. The molecule has 0 radical (unpaired) electrons. The highest BCUT2D eigenvalue weighted by atomic mass is 35.5. The van der Waals surface area contributed by atoms with E-state index in [9.17, 15) is 9.90 Å². The molecule has 0 fully saturated rings. The second-order valence-corrected chi connectivity index (χ2v) is 5.46. The van der Waals surface area contributed by atoms with Crippen LogP contribution in [0.25, 0.3) is 0 Å². The summed E-state index contributed by atoms with van der Waals surface area (Å²) in [7, 11) is 0. The molecule has 0 aromatic heterocycles. The Morgan fingerprint density at radius 2 is 1.91 bits per heavy atom. The maximum absolute atomic E-state index is 12.0. The van der Waals surface area contributed by atoms with Crippen LogP contribution in [-0.2, 0) is 0 Å². The van der Waals surface area contributed by atoms with Crippen LogP contribution in [-0.4, -0.2) is 30.3 Å². The number of halogens is 2. The lowest BCUT2D eigenvalue weighted by molar-refractivity contribution is 0.0844. The summed E-state index contributed by atoms with van der Waals surface area (Å²) in [5.41, 5.74) is 0.308. The van der Waals surface area contributed by atoms with Gasteiger partial charge in [-0.25, -0.2) is 0 Å². The Labute approximate surface area is 138 Å². The van der Waals surface area contributed by atoms with Gasteiger partial charge in [-0.15, -0.1) is 0 Å². The molecule has 1 atom stereocenters. The van der Waals surface area contributed by atoms with Gasteiger partial charge >= 0.3 is 0 Å². The van der Waals surface area contributed by atoms with Gasteiger partial charge in [-0.05, 0) is 30.3 Å². The van der Waals surface area contributed by atoms with Crippen LogP contribution in [0.5, 0.6) is 5.75 Å². The van der Waals surface area contributed by atoms with Gasteiger partial charge in [-0.1, -0.05) is 41.4 Å². The van der Waals surface area contributed by atoms with E-state index in [-0.39, 0.29) is 24.1 Å². The molecule has 2 aromatic carbocycles. The van der Waals surface area contributed by atoms with Crippen LogP contribution in [0.3, 0.4) is 0 Å². The molecule has 1 unspecified atom stereocenters. The van der Waals surface area contributed by atoms with Gasteiger partial charge in [0.15, 0.2) is 0 Å². The Kier molecular flexibility index (Phi) is 6.07. The van der Waals surface area contributed by atoms with E-state index >= 15 is 0 Å². The summed E-state index contributed by atoms with van der Waals surface area (Å²) < 4.78 is 5.40. The van der Waals surface area contributed by atoms with Crippen molar-refractivity contribution in [3.8, 4) is 5.75 Å². The zero-order valence-corrected chi connectivity index (χ0v) is 13.1. The Morgan fingerprint density at radius 3 is 2.59 bits per heavy atom. The third-order valence-electron chi connectivity index (χ3n) is 2.86. The van der Waals surface area contributed by atoms with Gasteiger partial charge in [-0.2, -0.15) is 0 Å². The molecule has 0 saturated carbocycles. The van der Waals surface area contributed by atoms with Gasteiger partial charge in [0, 0.05) is 11.6 Å². The minimum absolute atomic E-state index is 0.0601. The van der Waals surface area contributed by atoms with Crippen LogP contribution in [0.4, 0.5) is 0 Å². The molecule has 1 amide bonds. The first-order chi connectivity index (χ1) is 10.6. The number of rotatable bonds is 6. The van der Waals surface area contributed by atoms with E-state index in [2.05, 4.69) is 5.32 Å². The fraction of sp³-hybridized carbons (Fsp3) is 0.188. The molecule has 116 valence electrons. The van der Waals surface area contributed by atoms with Crippen molar-refractivity contribution < 1.29 is 14.6 Å². The highest BCUT2D eigenvalue weighted by molar-refractivity contribution is 6.36. The molecule has 0 aliphatic rings. The number of aliphatic hydroxyl groups excluding tert-OH is 1. The normalized spacial score (nSPS) is 11.8. The second-order valence-electron chi connectivity index (χ2n) is 4.61. The Hall–Kier alpha value is -1.75. The first kappa shape index (κ1) is 16.6. The molecule has 2 N–H and O–H groups in total. The molecule has 2 aromatic rings. The van der Waals surface area contributed by atoms with Gasteiger partial charge in [0.2, 0.25) is 0 Å². The van der Waals surface area contributed by atoms with E-state index in [1.807, 2.05) is 18.2 Å². The second kappa shape index (κ2) is 8.03. The molecule has 0 aliphatic carbocycles. The van der Waals surface area contributed by atoms with Crippen LogP contribution >= 0.6 is 23.2 Å². The Bertz CT molecular complexity index is 635. The lowest BCUT2D eigenvalue weighted by Crippen LogP contribution is -2.35. The van der Waals surface area contributed by atoms with Gasteiger partial charge < -0.3 is 15.2 Å². The number of para-hydroxylation sites is 1. The van der Waals surface area contributed by atoms with Crippen molar-refractivity contribution in [2.45, 2.75) is 6.10 Å². The fourth-order valence-electron chi connectivity index (χ4n) is 1.75. The number of carbonyl (C=O) groups is 1. The lowest BCUT2D eigenvalue weighted by Gasteiger charge is -2.13. The predicted molar refractivity (Wildman–Crippen MR) is 86.7 cm³/mol. The van der Waals surface area contributed by atoms with E-state index < -0.39 is 6.10 Å². The van der Waals surface area contributed by atoms with Crippen molar-refractivity contribution >= 4 is 29.1 Å². The minimum atomic E-state index is -0.824. The molecule has 22 heavy (non-hydrogen) atoms. The van der Waals surface area contributed by atoms with Gasteiger partial charge in [-0.3, -0.25) is 4.79 Å². The Morgan fingerprint density at radius 1 is 1.18 bits per heavy atom. The molecule has 0 heterocycles. The average molecular weight is 340 g/mol. The van der Waals surface area contributed by atoms with Crippen molar-refractivity contribution in [3.05, 3.63) is 64.1 Å². The molecule has 0 spiro atoms. The molecule has 4 nitrogen and oxygen atoms in total. The molecule has 0 saturated heterocycles. The van der Waals surface area contributed by atoms with Crippen LogP contribution in [0.2, 0.25) is 10.0 Å². The zero-order chi connectivity index (χ0) is 15.9. The van der Waals surface area contributed by atoms with E-state index in [0.29, 0.717) is 16.3 Å². The summed E-state index contributed by atoms with van der Waals surface area (Å²) in [5, 5.41) is 13.1. The average Bonchev–Trinajstić information content (AvgIpc) is 2.51. The standard InChI is InChI=1S/C16H15Cl2NO3/c17-11-6-7-14(15(18)8-11)16(21)19-9-12(20)10-22-13-4-2-1-3-5-13/h1-8,12,20H,9-10H2,(H,19,21). The summed E-state index contributed by atoms with van der Waals surface area (Å²) in [6, 6.07) is 13.7. The monoisotopic (exact) mass is 339 g/mol. The third-order valence-corrected chi connectivity index (χ3v) is 3.41. The lowest BCUT2D eigenvalue weighted by atomic mass is 10.2. The van der Waals surface area contributed by atoms with Crippen molar-refractivity contribution in [2.75, 3.05) is 13.2 Å². The number of benzene rings is 2. The van der Waals surface area contributed by atoms with E-state index in [1.54, 1.807) is 18.2 Å². The van der Waals surface area contributed by atoms with Crippen LogP contribution in [0, 0.1) is 0 Å². The van der Waals surface area contributed by atoms with Gasteiger partial charge in [0.05, 0.1) is 10.6 Å². The molecule has 2 rings (SSSR count). The maximum Gasteiger partial charge on any atom is 0.252 e. The van der Waals surface area contributed by atoms with Crippen LogP contribution in [0.15, 0.2) is 48.5 Å².